The van der Waals surface area contributed by atoms with E-state index in [1.165, 1.54) is 12.1 Å². The van der Waals surface area contributed by atoms with E-state index in [0.29, 0.717) is 18.6 Å². The van der Waals surface area contributed by atoms with Crippen molar-refractivity contribution in [3.8, 4) is 0 Å². The van der Waals surface area contributed by atoms with Gasteiger partial charge >= 0.3 is 0 Å². The van der Waals surface area contributed by atoms with Gasteiger partial charge in [0.1, 0.15) is 0 Å². The maximum Gasteiger partial charge on any atom is 0.255 e. The molecule has 11 heteroatoms. The Morgan fingerprint density at radius 1 is 1.15 bits per heavy atom. The van der Waals surface area contributed by atoms with Gasteiger partial charge in [-0.1, -0.05) is 31.9 Å². The van der Waals surface area contributed by atoms with Crippen molar-refractivity contribution in [2.45, 2.75) is 55.8 Å². The van der Waals surface area contributed by atoms with Gasteiger partial charge in [0.25, 0.3) is 5.91 Å². The first kappa shape index (κ1) is 29.0. The van der Waals surface area contributed by atoms with Crippen LogP contribution < -0.4 is 5.32 Å². The van der Waals surface area contributed by atoms with Crippen LogP contribution in [-0.4, -0.2) is 29.7 Å². The maximum absolute atomic E-state index is 13.8. The molecule has 1 saturated carbocycles. The molecule has 0 aliphatic heterocycles. The van der Waals surface area contributed by atoms with E-state index in [4.69, 9.17) is 11.6 Å². The summed E-state index contributed by atoms with van der Waals surface area (Å²) in [6, 6.07) is 6.64. The fourth-order valence-electron chi connectivity index (χ4n) is 5.58. The van der Waals surface area contributed by atoms with Crippen molar-refractivity contribution >= 4 is 33.0 Å². The second-order valence-corrected chi connectivity index (χ2v) is 12.6. The van der Waals surface area contributed by atoms with Crippen LogP contribution >= 0.6 is 11.6 Å². The zero-order valence-electron chi connectivity index (χ0n) is 21.5. The molecular formula is C28H28ClF3N2O4S. The van der Waals surface area contributed by atoms with Crippen LogP contribution in [0.4, 0.5) is 18.9 Å². The van der Waals surface area contributed by atoms with Crippen LogP contribution in [0.25, 0.3) is 0 Å². The maximum atomic E-state index is 13.8. The minimum Gasteiger partial charge on any atom is -0.385 e. The summed E-state index contributed by atoms with van der Waals surface area (Å²) < 4.78 is 68.1. The summed E-state index contributed by atoms with van der Waals surface area (Å²) in [4.78, 5) is 16.6. The number of pyridine rings is 1. The second kappa shape index (κ2) is 10.9. The minimum absolute atomic E-state index is 0.0862. The molecule has 1 unspecified atom stereocenters. The Morgan fingerprint density at radius 2 is 1.82 bits per heavy atom. The lowest BCUT2D eigenvalue weighted by molar-refractivity contribution is -0.0962. The smallest absolute Gasteiger partial charge is 0.255 e. The van der Waals surface area contributed by atoms with E-state index >= 15 is 0 Å². The number of aliphatic hydroxyl groups is 1. The van der Waals surface area contributed by atoms with E-state index in [-0.39, 0.29) is 39.9 Å². The molecule has 0 spiro atoms. The lowest BCUT2D eigenvalue weighted by Crippen LogP contribution is -2.49. The normalized spacial score (nSPS) is 23.4. The van der Waals surface area contributed by atoms with Gasteiger partial charge in [0.15, 0.2) is 27.3 Å². The van der Waals surface area contributed by atoms with Crippen molar-refractivity contribution in [2.24, 2.45) is 11.8 Å². The first-order chi connectivity index (χ1) is 18.3. The third kappa shape index (κ3) is 5.29. The highest BCUT2D eigenvalue weighted by Crippen LogP contribution is 2.50. The van der Waals surface area contributed by atoms with Crippen LogP contribution in [-0.2, 0) is 15.4 Å². The van der Waals surface area contributed by atoms with Gasteiger partial charge < -0.3 is 10.4 Å². The number of aromatic nitrogens is 1. The average molecular weight is 581 g/mol. The fraction of sp³-hybridized carbons (Fsp3) is 0.357. The van der Waals surface area contributed by atoms with Crippen LogP contribution in [0.2, 0.25) is 5.02 Å². The first-order valence-corrected chi connectivity index (χ1v) is 14.4. The Morgan fingerprint density at radius 3 is 2.44 bits per heavy atom. The number of carbonyl (C=O) groups excluding carboxylic acids is 1. The van der Waals surface area contributed by atoms with Crippen molar-refractivity contribution in [1.29, 1.82) is 0 Å². The van der Waals surface area contributed by atoms with E-state index in [1.807, 2.05) is 20.8 Å². The summed E-state index contributed by atoms with van der Waals surface area (Å²) in [6.45, 7) is 5.57. The quantitative estimate of drug-likeness (QED) is 0.339. The molecule has 208 valence electrons. The van der Waals surface area contributed by atoms with Crippen molar-refractivity contribution in [3.63, 3.8) is 0 Å². The molecule has 39 heavy (non-hydrogen) atoms. The van der Waals surface area contributed by atoms with Crippen molar-refractivity contribution in [1.82, 2.24) is 4.98 Å². The van der Waals surface area contributed by atoms with Crippen LogP contribution in [0, 0.1) is 36.2 Å². The Kier molecular flexibility index (Phi) is 8.12. The highest BCUT2D eigenvalue weighted by atomic mass is 35.5. The molecule has 4 atom stereocenters. The number of nitrogens with one attached hydrogen (secondary N) is 1. The third-order valence-electron chi connectivity index (χ3n) is 7.66. The Hall–Kier alpha value is -2.95. The molecule has 3 aromatic rings. The van der Waals surface area contributed by atoms with Crippen molar-refractivity contribution in [2.75, 3.05) is 5.32 Å². The molecule has 1 aliphatic carbocycles. The third-order valence-corrected chi connectivity index (χ3v) is 10.3. The summed E-state index contributed by atoms with van der Waals surface area (Å²) in [6.07, 6.45) is 4.12. The second-order valence-electron chi connectivity index (χ2n) is 10.0. The fourth-order valence-corrected chi connectivity index (χ4v) is 8.04. The number of aryl methyl sites for hydroxylation is 1. The highest BCUT2D eigenvalue weighted by molar-refractivity contribution is 7.92. The molecule has 2 aromatic carbocycles. The largest absolute Gasteiger partial charge is 0.385 e. The van der Waals surface area contributed by atoms with Crippen LogP contribution in [0.5, 0.6) is 0 Å². The number of hydrogen-bond donors (Lipinski definition) is 2. The standard InChI is InChI=1S/C28H28ClF3N2O4S/c1-4-18-11-20(9-16(3)28(18,36)21-7-8-33-14-15(21)2)39(37,38)25-10-17(5-6-22(25)29)27(35)34-19-12-23(30)26(32)24(31)13-19/h5-8,10,12-14,16,18,20,36H,4,9,11H2,1-3H3,(H,34,35)/t16-,18?,20-,28-/m0/s1. The van der Waals surface area contributed by atoms with Gasteiger partial charge in [-0.15, -0.1) is 0 Å². The van der Waals surface area contributed by atoms with Gasteiger partial charge in [-0.3, -0.25) is 9.78 Å². The Balaban J connectivity index is 1.64. The summed E-state index contributed by atoms with van der Waals surface area (Å²) in [5.74, 6) is -6.31. The Bertz CT molecular complexity index is 1510. The Labute approximate surface area is 230 Å². The molecular weight excluding hydrogens is 553 g/mol. The van der Waals surface area contributed by atoms with Crippen LogP contribution in [0.15, 0.2) is 53.7 Å². The number of rotatable bonds is 6. The number of benzene rings is 2. The predicted octanol–water partition coefficient (Wildman–Crippen LogP) is 6.20. The summed E-state index contributed by atoms with van der Waals surface area (Å²) in [7, 11) is -4.06. The van der Waals surface area contributed by atoms with Crippen LogP contribution in [0.3, 0.4) is 0 Å². The molecule has 0 radical (unpaired) electrons. The SMILES string of the molecule is CCC1C[C@@H](S(=O)(=O)c2cc(C(=O)Nc3cc(F)c(F)c(F)c3)ccc2Cl)C[C@H](C)[C@@]1(O)c1ccncc1C. The van der Waals surface area contributed by atoms with Gasteiger partial charge in [-0.25, -0.2) is 21.6 Å². The monoisotopic (exact) mass is 580 g/mol. The van der Waals surface area contributed by atoms with E-state index in [1.54, 1.807) is 18.5 Å². The number of amides is 1. The summed E-state index contributed by atoms with van der Waals surface area (Å²) in [5.41, 5.74) is -0.178. The molecule has 4 rings (SSSR count). The van der Waals surface area contributed by atoms with Crippen molar-refractivity contribution < 1.29 is 31.5 Å². The molecule has 2 N–H and O–H groups in total. The minimum atomic E-state index is -4.06. The lowest BCUT2D eigenvalue weighted by atomic mass is 9.64. The van der Waals surface area contributed by atoms with E-state index in [0.717, 1.165) is 17.2 Å². The number of nitrogens with zero attached hydrogens (tertiary/aromatic N) is 1. The predicted molar refractivity (Wildman–Crippen MR) is 142 cm³/mol. The molecule has 1 aromatic heterocycles. The number of carbonyl (C=O) groups is 1. The average Bonchev–Trinajstić information content (AvgIpc) is 2.88. The van der Waals surface area contributed by atoms with Crippen LogP contribution in [0.1, 0.15) is 54.6 Å². The molecule has 6 nitrogen and oxygen atoms in total. The number of anilines is 1. The summed E-state index contributed by atoms with van der Waals surface area (Å²) in [5, 5.41) is 13.2. The molecule has 1 aliphatic rings. The number of halogens is 4. The van der Waals surface area contributed by atoms with Gasteiger partial charge in [-0.2, -0.15) is 0 Å². The number of sulfone groups is 1. The topological polar surface area (TPSA) is 96.4 Å². The van der Waals surface area contributed by atoms with Gasteiger partial charge in [0, 0.05) is 35.8 Å². The molecule has 1 amide bonds. The van der Waals surface area contributed by atoms with Crippen molar-refractivity contribution in [3.05, 3.63) is 88.0 Å². The molecule has 1 heterocycles. The van der Waals surface area contributed by atoms with Gasteiger partial charge in [0.05, 0.1) is 20.8 Å². The lowest BCUT2D eigenvalue weighted by Gasteiger charge is -2.48. The zero-order valence-corrected chi connectivity index (χ0v) is 23.1. The molecule has 1 fully saturated rings. The first-order valence-electron chi connectivity index (χ1n) is 12.4. The van der Waals surface area contributed by atoms with E-state index in [2.05, 4.69) is 10.3 Å². The molecule has 0 bridgehead atoms. The highest BCUT2D eigenvalue weighted by Gasteiger charge is 2.51. The molecule has 0 saturated heterocycles. The number of hydrogen-bond acceptors (Lipinski definition) is 5. The summed E-state index contributed by atoms with van der Waals surface area (Å²) >= 11 is 6.30. The van der Waals surface area contributed by atoms with E-state index in [9.17, 15) is 31.5 Å². The van der Waals surface area contributed by atoms with Gasteiger partial charge in [-0.05, 0) is 67.0 Å². The van der Waals surface area contributed by atoms with Gasteiger partial charge in [0.2, 0.25) is 0 Å². The van der Waals surface area contributed by atoms with E-state index < -0.39 is 50.0 Å². The zero-order chi connectivity index (χ0) is 28.7.